The number of carbonyl (C=O) groups is 1. The Morgan fingerprint density at radius 1 is 1.71 bits per heavy atom. The first-order chi connectivity index (χ1) is 6.38. The van der Waals surface area contributed by atoms with Gasteiger partial charge in [0.15, 0.2) is 0 Å². The van der Waals surface area contributed by atoms with E-state index in [0.29, 0.717) is 0 Å². The Morgan fingerprint density at radius 2 is 2.36 bits per heavy atom. The number of hydrogen-bond acceptors (Lipinski definition) is 2. The first-order valence-electron chi connectivity index (χ1n) is 3.99. The predicted molar refractivity (Wildman–Crippen MR) is 44.2 cm³/mol. The van der Waals surface area contributed by atoms with Crippen LogP contribution in [-0.4, -0.2) is 26.8 Å². The minimum Gasteiger partial charge on any atom is -0.481 e. The molecule has 0 bridgehead atoms. The average molecular weight is 204 g/mol. The summed E-state index contributed by atoms with van der Waals surface area (Å²) >= 11 is 0. The molecule has 1 aromatic heterocycles. The van der Waals surface area contributed by atoms with Crippen molar-refractivity contribution in [3.05, 3.63) is 18.0 Å². The molecule has 0 aliphatic heterocycles. The highest BCUT2D eigenvalue weighted by atomic mass is 19.3. The summed E-state index contributed by atoms with van der Waals surface area (Å²) in [6, 6.07) is 1.42. The molecule has 0 aliphatic rings. The highest BCUT2D eigenvalue weighted by Crippen LogP contribution is 2.15. The van der Waals surface area contributed by atoms with Crippen LogP contribution in [0.15, 0.2) is 12.3 Å². The molecule has 0 saturated carbocycles. The van der Waals surface area contributed by atoms with Gasteiger partial charge in [0.05, 0.1) is 6.42 Å². The number of rotatable bonds is 4. The van der Waals surface area contributed by atoms with Crippen LogP contribution in [0.4, 0.5) is 8.78 Å². The van der Waals surface area contributed by atoms with Crippen molar-refractivity contribution in [1.82, 2.24) is 9.78 Å². The van der Waals surface area contributed by atoms with Crippen molar-refractivity contribution in [1.29, 1.82) is 0 Å². The van der Waals surface area contributed by atoms with Gasteiger partial charge in [0.2, 0.25) is 0 Å². The van der Waals surface area contributed by atoms with Gasteiger partial charge in [0.25, 0.3) is 5.92 Å². The van der Waals surface area contributed by atoms with Gasteiger partial charge in [-0.3, -0.25) is 9.48 Å². The fourth-order valence-corrected chi connectivity index (χ4v) is 1.07. The van der Waals surface area contributed by atoms with E-state index in [0.717, 1.165) is 11.6 Å². The van der Waals surface area contributed by atoms with E-state index in [1.807, 2.05) is 0 Å². The largest absolute Gasteiger partial charge is 0.481 e. The van der Waals surface area contributed by atoms with Gasteiger partial charge in [-0.2, -0.15) is 5.10 Å². The molecule has 0 aliphatic carbocycles. The van der Waals surface area contributed by atoms with Gasteiger partial charge in [-0.05, 0) is 6.07 Å². The maximum absolute atomic E-state index is 12.6. The van der Waals surface area contributed by atoms with Crippen molar-refractivity contribution in [2.24, 2.45) is 0 Å². The standard InChI is InChI=1S/C8H10F2N2O2/c1-8(9,10)5-12-6(2-3-11-12)4-7(13)14/h2-3H,4-5H2,1H3,(H,13,14). The van der Waals surface area contributed by atoms with Gasteiger partial charge < -0.3 is 5.11 Å². The molecule has 0 saturated heterocycles. The third-order valence-electron chi connectivity index (χ3n) is 1.56. The fourth-order valence-electron chi connectivity index (χ4n) is 1.07. The number of carboxylic acid groups (broad SMARTS) is 1. The van der Waals surface area contributed by atoms with Crippen molar-refractivity contribution in [2.45, 2.75) is 25.8 Å². The van der Waals surface area contributed by atoms with E-state index in [9.17, 15) is 13.6 Å². The molecule has 1 aromatic rings. The van der Waals surface area contributed by atoms with Crippen LogP contribution in [0.5, 0.6) is 0 Å². The minimum absolute atomic E-state index is 0.277. The summed E-state index contributed by atoms with van der Waals surface area (Å²) in [5.41, 5.74) is 0.277. The zero-order chi connectivity index (χ0) is 10.8. The van der Waals surface area contributed by atoms with E-state index in [-0.39, 0.29) is 12.1 Å². The number of hydrogen-bond donors (Lipinski definition) is 1. The summed E-state index contributed by atoms with van der Waals surface area (Å²) in [7, 11) is 0. The molecule has 78 valence electrons. The quantitative estimate of drug-likeness (QED) is 0.800. The molecular formula is C8H10F2N2O2. The smallest absolute Gasteiger partial charge is 0.309 e. The van der Waals surface area contributed by atoms with E-state index in [4.69, 9.17) is 5.11 Å². The van der Waals surface area contributed by atoms with Crippen molar-refractivity contribution < 1.29 is 18.7 Å². The average Bonchev–Trinajstić information content (AvgIpc) is 2.32. The lowest BCUT2D eigenvalue weighted by molar-refractivity contribution is -0.136. The Balaban J connectivity index is 2.77. The second-order valence-electron chi connectivity index (χ2n) is 3.12. The predicted octanol–water partition coefficient (Wildman–Crippen LogP) is 1.17. The summed E-state index contributed by atoms with van der Waals surface area (Å²) < 4.78 is 26.2. The first-order valence-corrected chi connectivity index (χ1v) is 3.99. The molecule has 0 amide bonds. The third kappa shape index (κ3) is 3.12. The van der Waals surface area contributed by atoms with Crippen LogP contribution in [0.2, 0.25) is 0 Å². The fraction of sp³-hybridized carbons (Fsp3) is 0.500. The van der Waals surface area contributed by atoms with Gasteiger partial charge in [-0.1, -0.05) is 0 Å². The molecule has 0 aromatic carbocycles. The van der Waals surface area contributed by atoms with Gasteiger partial charge in [0.1, 0.15) is 6.54 Å². The molecule has 1 heterocycles. The van der Waals surface area contributed by atoms with Crippen LogP contribution in [0.3, 0.4) is 0 Å². The topological polar surface area (TPSA) is 55.1 Å². The Kier molecular flexibility index (Phi) is 2.83. The van der Waals surface area contributed by atoms with Gasteiger partial charge >= 0.3 is 5.97 Å². The van der Waals surface area contributed by atoms with Crippen LogP contribution in [0.1, 0.15) is 12.6 Å². The van der Waals surface area contributed by atoms with Crippen LogP contribution >= 0.6 is 0 Å². The van der Waals surface area contributed by atoms with Gasteiger partial charge in [-0.25, -0.2) is 8.78 Å². The number of halogens is 2. The lowest BCUT2D eigenvalue weighted by atomic mass is 10.3. The summed E-state index contributed by atoms with van der Waals surface area (Å²) in [4.78, 5) is 10.4. The molecule has 1 rings (SSSR count). The summed E-state index contributed by atoms with van der Waals surface area (Å²) in [5, 5.41) is 12.1. The van der Waals surface area contributed by atoms with E-state index in [1.54, 1.807) is 0 Å². The van der Waals surface area contributed by atoms with E-state index in [1.165, 1.54) is 12.3 Å². The van der Waals surface area contributed by atoms with Crippen molar-refractivity contribution in [2.75, 3.05) is 0 Å². The molecule has 1 N–H and O–H groups in total. The maximum Gasteiger partial charge on any atom is 0.309 e. The molecule has 4 nitrogen and oxygen atoms in total. The summed E-state index contributed by atoms with van der Waals surface area (Å²) in [6.07, 6.45) is 1.01. The van der Waals surface area contributed by atoms with Crippen LogP contribution in [0.25, 0.3) is 0 Å². The van der Waals surface area contributed by atoms with Crippen molar-refractivity contribution in [3.63, 3.8) is 0 Å². The van der Waals surface area contributed by atoms with E-state index >= 15 is 0 Å². The Bertz CT molecular complexity index is 330. The highest BCUT2D eigenvalue weighted by Gasteiger charge is 2.23. The van der Waals surface area contributed by atoms with E-state index in [2.05, 4.69) is 5.10 Å². The summed E-state index contributed by atoms with van der Waals surface area (Å²) in [6.45, 7) is 0.168. The van der Waals surface area contributed by atoms with Crippen LogP contribution in [0, 0.1) is 0 Å². The number of aliphatic carboxylic acids is 1. The van der Waals surface area contributed by atoms with Gasteiger partial charge in [0, 0.05) is 18.8 Å². The normalized spacial score (nSPS) is 11.6. The Hall–Kier alpha value is -1.46. The molecule has 6 heteroatoms. The Labute approximate surface area is 79.2 Å². The van der Waals surface area contributed by atoms with Crippen molar-refractivity contribution in [3.8, 4) is 0 Å². The molecule has 14 heavy (non-hydrogen) atoms. The first kappa shape index (κ1) is 10.6. The third-order valence-corrected chi connectivity index (χ3v) is 1.56. The molecular weight excluding hydrogens is 194 g/mol. The molecule has 0 atom stereocenters. The van der Waals surface area contributed by atoms with Gasteiger partial charge in [-0.15, -0.1) is 0 Å². The minimum atomic E-state index is -2.89. The zero-order valence-electron chi connectivity index (χ0n) is 7.57. The van der Waals surface area contributed by atoms with Crippen molar-refractivity contribution >= 4 is 5.97 Å². The molecule has 0 radical (unpaired) electrons. The number of carboxylic acids is 1. The number of nitrogens with zero attached hydrogens (tertiary/aromatic N) is 2. The lowest BCUT2D eigenvalue weighted by Gasteiger charge is -2.11. The monoisotopic (exact) mass is 204 g/mol. The molecule has 0 unspecified atom stereocenters. The number of aromatic nitrogens is 2. The maximum atomic E-state index is 12.6. The second-order valence-corrected chi connectivity index (χ2v) is 3.12. The second kappa shape index (κ2) is 3.73. The highest BCUT2D eigenvalue weighted by molar-refractivity contribution is 5.69. The summed E-state index contributed by atoms with van der Waals surface area (Å²) in [5.74, 6) is -3.95. The van der Waals surface area contributed by atoms with Crippen LogP contribution in [-0.2, 0) is 17.8 Å². The number of alkyl halides is 2. The SMILES string of the molecule is CC(F)(F)Cn1nccc1CC(=O)O. The van der Waals surface area contributed by atoms with Crippen LogP contribution < -0.4 is 0 Å². The lowest BCUT2D eigenvalue weighted by Crippen LogP contribution is -2.22. The zero-order valence-corrected chi connectivity index (χ0v) is 7.57. The molecule has 0 fully saturated rings. The Morgan fingerprint density at radius 3 is 2.86 bits per heavy atom. The molecule has 0 spiro atoms. The van der Waals surface area contributed by atoms with E-state index < -0.39 is 18.4 Å².